The molecule has 0 aliphatic heterocycles. The van der Waals surface area contributed by atoms with Crippen molar-refractivity contribution in [3.05, 3.63) is 53.9 Å². The summed E-state index contributed by atoms with van der Waals surface area (Å²) in [5, 5.41) is 0. The van der Waals surface area contributed by atoms with Gasteiger partial charge in [-0.3, -0.25) is 4.98 Å². The number of nitrogens with two attached hydrogens (primary N) is 1. The maximum atomic E-state index is 5.65. The zero-order valence-electron chi connectivity index (χ0n) is 10.9. The highest BCUT2D eigenvalue weighted by Crippen LogP contribution is 2.20. The lowest BCUT2D eigenvalue weighted by Crippen LogP contribution is -2.23. The lowest BCUT2D eigenvalue weighted by atomic mass is 10.1. The van der Waals surface area contributed by atoms with Crippen LogP contribution in [0.3, 0.4) is 0 Å². The van der Waals surface area contributed by atoms with Crippen LogP contribution >= 0.6 is 0 Å². The summed E-state index contributed by atoms with van der Waals surface area (Å²) in [6, 6.07) is 12.3. The summed E-state index contributed by atoms with van der Waals surface area (Å²) in [5.74, 6) is 0. The molecule has 0 unspecified atom stereocenters. The second kappa shape index (κ2) is 5.54. The molecule has 0 saturated carbocycles. The molecule has 1 heterocycles. The van der Waals surface area contributed by atoms with E-state index < -0.39 is 0 Å². The van der Waals surface area contributed by atoms with E-state index in [0.717, 1.165) is 18.8 Å². The number of rotatable bonds is 4. The maximum Gasteiger partial charge on any atom is 0.0602 e. The van der Waals surface area contributed by atoms with Crippen LogP contribution in [0.2, 0.25) is 0 Å². The Morgan fingerprint density at radius 2 is 1.94 bits per heavy atom. The van der Waals surface area contributed by atoms with Gasteiger partial charge in [0.2, 0.25) is 0 Å². The molecule has 18 heavy (non-hydrogen) atoms. The minimum Gasteiger partial charge on any atom is -0.397 e. The molecule has 0 aliphatic carbocycles. The highest BCUT2D eigenvalue weighted by Gasteiger charge is 2.08. The van der Waals surface area contributed by atoms with Gasteiger partial charge in [-0.2, -0.15) is 0 Å². The Morgan fingerprint density at radius 3 is 2.56 bits per heavy atom. The first-order chi connectivity index (χ1) is 8.70. The van der Waals surface area contributed by atoms with Gasteiger partial charge in [0, 0.05) is 12.2 Å². The van der Waals surface area contributed by atoms with Crippen molar-refractivity contribution in [2.75, 3.05) is 17.2 Å². The molecule has 0 spiro atoms. The average Bonchev–Trinajstić information content (AvgIpc) is 2.39. The van der Waals surface area contributed by atoms with E-state index in [0.29, 0.717) is 5.69 Å². The van der Waals surface area contributed by atoms with Gasteiger partial charge in [-0.05, 0) is 37.6 Å². The van der Waals surface area contributed by atoms with Crippen LogP contribution in [0.25, 0.3) is 0 Å². The lowest BCUT2D eigenvalue weighted by Gasteiger charge is -2.24. The standard InChI is InChI=1S/C15H19N3/c1-3-18(15-7-5-4-6-12(15)2)11-14-9-8-13(16)10-17-14/h4-10H,3,11,16H2,1-2H3. The second-order valence-corrected chi connectivity index (χ2v) is 4.38. The van der Waals surface area contributed by atoms with E-state index in [1.165, 1.54) is 11.3 Å². The molecule has 94 valence electrons. The molecule has 0 fully saturated rings. The molecule has 2 rings (SSSR count). The van der Waals surface area contributed by atoms with E-state index in [1.807, 2.05) is 12.1 Å². The van der Waals surface area contributed by atoms with Crippen LogP contribution in [-0.4, -0.2) is 11.5 Å². The topological polar surface area (TPSA) is 42.1 Å². The number of pyridine rings is 1. The number of aromatic nitrogens is 1. The maximum absolute atomic E-state index is 5.65. The predicted molar refractivity (Wildman–Crippen MR) is 76.6 cm³/mol. The van der Waals surface area contributed by atoms with Crippen molar-refractivity contribution in [3.8, 4) is 0 Å². The third-order valence-electron chi connectivity index (χ3n) is 3.04. The van der Waals surface area contributed by atoms with Crippen LogP contribution in [0.4, 0.5) is 11.4 Å². The van der Waals surface area contributed by atoms with Crippen molar-refractivity contribution >= 4 is 11.4 Å². The highest BCUT2D eigenvalue weighted by molar-refractivity contribution is 5.53. The molecule has 0 aliphatic rings. The molecule has 1 aromatic carbocycles. The van der Waals surface area contributed by atoms with Crippen LogP contribution in [0, 0.1) is 6.92 Å². The van der Waals surface area contributed by atoms with E-state index in [4.69, 9.17) is 5.73 Å². The Hall–Kier alpha value is -2.03. The Kier molecular flexibility index (Phi) is 3.82. The molecular weight excluding hydrogens is 222 g/mol. The van der Waals surface area contributed by atoms with Gasteiger partial charge in [0.05, 0.1) is 24.1 Å². The second-order valence-electron chi connectivity index (χ2n) is 4.38. The smallest absolute Gasteiger partial charge is 0.0602 e. The van der Waals surface area contributed by atoms with E-state index >= 15 is 0 Å². The molecule has 0 saturated heterocycles. The van der Waals surface area contributed by atoms with Gasteiger partial charge in [-0.1, -0.05) is 18.2 Å². The summed E-state index contributed by atoms with van der Waals surface area (Å²) in [7, 11) is 0. The summed E-state index contributed by atoms with van der Waals surface area (Å²) in [6.45, 7) is 6.05. The van der Waals surface area contributed by atoms with Gasteiger partial charge in [-0.15, -0.1) is 0 Å². The molecule has 3 heteroatoms. The summed E-state index contributed by atoms with van der Waals surface area (Å²) < 4.78 is 0. The van der Waals surface area contributed by atoms with Gasteiger partial charge < -0.3 is 10.6 Å². The van der Waals surface area contributed by atoms with Crippen molar-refractivity contribution in [2.45, 2.75) is 20.4 Å². The first kappa shape index (κ1) is 12.4. The van der Waals surface area contributed by atoms with Crippen molar-refractivity contribution in [2.24, 2.45) is 0 Å². The number of aryl methyl sites for hydroxylation is 1. The lowest BCUT2D eigenvalue weighted by molar-refractivity contribution is 0.807. The number of para-hydroxylation sites is 1. The normalized spacial score (nSPS) is 10.3. The summed E-state index contributed by atoms with van der Waals surface area (Å²) >= 11 is 0. The van der Waals surface area contributed by atoms with Gasteiger partial charge >= 0.3 is 0 Å². The Bertz CT molecular complexity index is 505. The van der Waals surface area contributed by atoms with Crippen LogP contribution < -0.4 is 10.6 Å². The summed E-state index contributed by atoms with van der Waals surface area (Å²) in [4.78, 5) is 6.67. The number of nitrogen functional groups attached to an aromatic ring is 1. The third-order valence-corrected chi connectivity index (χ3v) is 3.04. The van der Waals surface area contributed by atoms with E-state index in [1.54, 1.807) is 6.20 Å². The molecule has 0 atom stereocenters. The monoisotopic (exact) mass is 241 g/mol. The highest BCUT2D eigenvalue weighted by atomic mass is 15.1. The fourth-order valence-corrected chi connectivity index (χ4v) is 2.01. The Balaban J connectivity index is 2.20. The van der Waals surface area contributed by atoms with Crippen LogP contribution in [0.1, 0.15) is 18.2 Å². The molecule has 2 N–H and O–H groups in total. The minimum absolute atomic E-state index is 0.706. The minimum atomic E-state index is 0.706. The van der Waals surface area contributed by atoms with Crippen molar-refractivity contribution in [3.63, 3.8) is 0 Å². The number of benzene rings is 1. The molecule has 1 aromatic heterocycles. The zero-order valence-corrected chi connectivity index (χ0v) is 10.9. The van der Waals surface area contributed by atoms with Gasteiger partial charge in [-0.25, -0.2) is 0 Å². The van der Waals surface area contributed by atoms with E-state index in [-0.39, 0.29) is 0 Å². The van der Waals surface area contributed by atoms with Crippen LogP contribution in [-0.2, 0) is 6.54 Å². The molecular formula is C15H19N3. The number of hydrogen-bond donors (Lipinski definition) is 1. The SMILES string of the molecule is CCN(Cc1ccc(N)cn1)c1ccccc1C. The van der Waals surface area contributed by atoms with Gasteiger partial charge in [0.1, 0.15) is 0 Å². The van der Waals surface area contributed by atoms with Crippen molar-refractivity contribution < 1.29 is 0 Å². The quantitative estimate of drug-likeness (QED) is 0.894. The molecule has 3 nitrogen and oxygen atoms in total. The molecule has 0 bridgehead atoms. The van der Waals surface area contributed by atoms with E-state index in [2.05, 4.69) is 48.0 Å². The molecule has 2 aromatic rings. The largest absolute Gasteiger partial charge is 0.397 e. The average molecular weight is 241 g/mol. The van der Waals surface area contributed by atoms with Crippen LogP contribution in [0.15, 0.2) is 42.6 Å². The summed E-state index contributed by atoms with van der Waals surface area (Å²) in [6.07, 6.45) is 1.71. The van der Waals surface area contributed by atoms with Gasteiger partial charge in [0.15, 0.2) is 0 Å². The number of anilines is 2. The predicted octanol–water partition coefficient (Wildman–Crippen LogP) is 3.00. The van der Waals surface area contributed by atoms with Crippen molar-refractivity contribution in [1.82, 2.24) is 4.98 Å². The third kappa shape index (κ3) is 2.80. The van der Waals surface area contributed by atoms with Crippen molar-refractivity contribution in [1.29, 1.82) is 0 Å². The van der Waals surface area contributed by atoms with E-state index in [9.17, 15) is 0 Å². The zero-order chi connectivity index (χ0) is 13.0. The fraction of sp³-hybridized carbons (Fsp3) is 0.267. The van der Waals surface area contributed by atoms with Crippen LogP contribution in [0.5, 0.6) is 0 Å². The molecule has 0 radical (unpaired) electrons. The Morgan fingerprint density at radius 1 is 1.17 bits per heavy atom. The Labute approximate surface area is 108 Å². The number of nitrogens with zero attached hydrogens (tertiary/aromatic N) is 2. The first-order valence-corrected chi connectivity index (χ1v) is 6.21. The summed E-state index contributed by atoms with van der Waals surface area (Å²) in [5.41, 5.74) is 9.94. The fourth-order valence-electron chi connectivity index (χ4n) is 2.01. The molecule has 0 amide bonds. The first-order valence-electron chi connectivity index (χ1n) is 6.21. The number of hydrogen-bond acceptors (Lipinski definition) is 3. The van der Waals surface area contributed by atoms with Gasteiger partial charge in [0.25, 0.3) is 0 Å².